The van der Waals surface area contributed by atoms with Crippen molar-refractivity contribution in [1.82, 2.24) is 0 Å². The number of benzene rings is 4. The summed E-state index contributed by atoms with van der Waals surface area (Å²) in [5, 5.41) is 0. The summed E-state index contributed by atoms with van der Waals surface area (Å²) in [7, 11) is 0. The number of fused-ring (bicyclic) bond motifs is 2. The van der Waals surface area contributed by atoms with Crippen LogP contribution in [0.5, 0.6) is 0 Å². The van der Waals surface area contributed by atoms with E-state index in [0.717, 1.165) is 71.0 Å². The van der Waals surface area contributed by atoms with Crippen LogP contribution in [0.4, 0.5) is 0 Å². The van der Waals surface area contributed by atoms with Gasteiger partial charge in [-0.15, -0.1) is 24.8 Å². The maximum atomic E-state index is 3.09. The van der Waals surface area contributed by atoms with Crippen LogP contribution in [0.3, 0.4) is 0 Å². The molecule has 0 N–H and O–H groups in total. The summed E-state index contributed by atoms with van der Waals surface area (Å²) in [6.07, 6.45) is 39.2. The fourth-order valence-corrected chi connectivity index (χ4v) is 46.8. The number of rotatable bonds is 12. The zero-order valence-corrected chi connectivity index (χ0v) is 49.8. The molecule has 8 bridgehead atoms. The van der Waals surface area contributed by atoms with Crippen molar-refractivity contribution in [3.8, 4) is 22.3 Å². The molecule has 0 amide bonds. The molecule has 0 aromatic heterocycles. The largest absolute Gasteiger partial charge is 0.147 e. The van der Waals surface area contributed by atoms with E-state index in [1.54, 1.807) is 46.2 Å². The van der Waals surface area contributed by atoms with Crippen LogP contribution in [0, 0.1) is 59.2 Å². The Morgan fingerprint density at radius 3 is 1.17 bits per heavy atom. The topological polar surface area (TPSA) is 0 Å². The van der Waals surface area contributed by atoms with E-state index in [9.17, 15) is 0 Å². The normalized spacial score (nSPS) is 33.5. The molecule has 4 aromatic carbocycles. The van der Waals surface area contributed by atoms with E-state index in [-0.39, 0.29) is 24.8 Å². The fraction of sp³-hybridized carbons (Fsp3) is 0.588. The summed E-state index contributed by atoms with van der Waals surface area (Å²) in [6.45, 7) is 5.33. The van der Waals surface area contributed by atoms with Crippen LogP contribution in [0.25, 0.3) is 34.4 Å². The summed E-state index contributed by atoms with van der Waals surface area (Å²) < 4.78 is 5.75. The Kier molecular flexibility index (Phi) is 14.2. The minimum atomic E-state index is -4.10. The van der Waals surface area contributed by atoms with E-state index < -0.39 is 17.4 Å². The molecule has 0 saturated heterocycles. The zero-order valence-electron chi connectivity index (χ0n) is 44.3. The van der Waals surface area contributed by atoms with Crippen molar-refractivity contribution >= 4 is 43.8 Å². The van der Waals surface area contributed by atoms with E-state index in [2.05, 4.69) is 116 Å². The van der Waals surface area contributed by atoms with Gasteiger partial charge in [0.15, 0.2) is 0 Å². The van der Waals surface area contributed by atoms with Crippen molar-refractivity contribution in [1.29, 1.82) is 0 Å². The fourth-order valence-electron chi connectivity index (χ4n) is 21.0. The summed E-state index contributed by atoms with van der Waals surface area (Å²) in [4.78, 5) is 0. The van der Waals surface area contributed by atoms with Gasteiger partial charge in [0.1, 0.15) is 0 Å². The number of hydrogen-bond acceptors (Lipinski definition) is 0. The van der Waals surface area contributed by atoms with E-state index in [1.165, 1.54) is 161 Å². The molecule has 0 aliphatic heterocycles. The zero-order chi connectivity index (χ0) is 46.7. The second-order valence-corrected chi connectivity index (χ2v) is 56.1. The third-order valence-electron chi connectivity index (χ3n) is 23.4. The second kappa shape index (κ2) is 20.1. The second-order valence-electron chi connectivity index (χ2n) is 27.7. The van der Waals surface area contributed by atoms with Crippen LogP contribution in [0.1, 0.15) is 207 Å². The molecule has 0 nitrogen and oxygen atoms in total. The van der Waals surface area contributed by atoms with Gasteiger partial charge in [0, 0.05) is 0 Å². The monoisotopic (exact) mass is 1090 g/mol. The van der Waals surface area contributed by atoms with Crippen LogP contribution in [-0.4, -0.2) is 6.88 Å². The van der Waals surface area contributed by atoms with Gasteiger partial charge < -0.3 is 0 Å². The minimum Gasteiger partial charge on any atom is -0.147 e. The van der Waals surface area contributed by atoms with Crippen molar-refractivity contribution < 1.29 is 17.4 Å². The van der Waals surface area contributed by atoms with Gasteiger partial charge in [-0.2, -0.15) is 0 Å². The molecule has 12 aliphatic rings. The predicted molar refractivity (Wildman–Crippen MR) is 311 cm³/mol. The van der Waals surface area contributed by atoms with Crippen molar-refractivity contribution in [2.75, 3.05) is 0 Å². The average molecular weight is 1100 g/mol. The van der Waals surface area contributed by atoms with Crippen LogP contribution < -0.4 is 0 Å². The van der Waals surface area contributed by atoms with Gasteiger partial charge in [0.25, 0.3) is 0 Å². The Balaban J connectivity index is 0.00000265. The smallest absolute Gasteiger partial charge is 0.147 e. The molecule has 0 heterocycles. The first-order valence-electron chi connectivity index (χ1n) is 30.2. The van der Waals surface area contributed by atoms with Crippen LogP contribution in [0.2, 0.25) is 8.76 Å². The molecular weight excluding hydrogens is 1010 g/mol. The molecule has 382 valence electrons. The molecule has 4 aromatic rings. The Bertz CT molecular complexity index is 2530. The standard InChI is InChI=1S/2C32H37.C3H7.CH3.2ClH.H2Si.Zr/c2*1-2-5-24(6-3-1)25-9-11-26(12-10-25)30-8-4-7-27-14-23(20-32(27)30)19-31-28-15-21-13-22(17-28)18-29(31)16-21;1-3-2;;;;;/h2*4,7-12,14,20-22,24,28-29,31H,1-3,5-6,13,15-19H2;1,3H2,2H3;1H3;2*1H;1H2;. The Labute approximate surface area is 450 Å². The average Bonchev–Trinajstić information content (AvgIpc) is 3.96. The van der Waals surface area contributed by atoms with Gasteiger partial charge in [-0.1, -0.05) is 0 Å². The Morgan fingerprint density at radius 2 is 0.819 bits per heavy atom. The van der Waals surface area contributed by atoms with Crippen LogP contribution in [0.15, 0.2) is 96.1 Å². The van der Waals surface area contributed by atoms with Gasteiger partial charge in [-0.3, -0.25) is 0 Å². The molecule has 72 heavy (non-hydrogen) atoms. The number of allylic oxidation sites excluding steroid dienone is 2. The minimum absolute atomic E-state index is 0. The Hall–Kier alpha value is -1.96. The molecule has 12 aliphatic carbocycles. The molecule has 2 atom stereocenters. The van der Waals surface area contributed by atoms with Gasteiger partial charge >= 0.3 is 430 Å². The van der Waals surface area contributed by atoms with Crippen molar-refractivity contribution in [2.45, 2.75) is 182 Å². The summed E-state index contributed by atoms with van der Waals surface area (Å²) in [6, 6.07) is 35.8. The number of hydrogen-bond donors (Lipinski definition) is 0. The first kappa shape index (κ1) is 50.8. The van der Waals surface area contributed by atoms with Crippen LogP contribution in [-0.2, 0) is 17.4 Å². The summed E-state index contributed by atoms with van der Waals surface area (Å²) in [5.41, 5.74) is 19.7. The van der Waals surface area contributed by atoms with Gasteiger partial charge in [-0.05, 0) is 0 Å². The van der Waals surface area contributed by atoms with Crippen LogP contribution >= 0.6 is 24.8 Å². The first-order valence-corrected chi connectivity index (χ1v) is 43.1. The maximum absolute atomic E-state index is 4.10. The molecule has 0 radical (unpaired) electrons. The summed E-state index contributed by atoms with van der Waals surface area (Å²) in [5.74, 6) is 11.2. The van der Waals surface area contributed by atoms with E-state index in [1.807, 2.05) is 11.1 Å². The first-order chi connectivity index (χ1) is 34.2. The Morgan fingerprint density at radius 1 is 0.458 bits per heavy atom. The van der Waals surface area contributed by atoms with E-state index in [0.29, 0.717) is 7.25 Å². The molecular formula is C68H88Cl2SiZr. The molecule has 2 unspecified atom stereocenters. The summed E-state index contributed by atoms with van der Waals surface area (Å²) >= 11 is -4.10. The third kappa shape index (κ3) is 8.74. The molecule has 0 spiro atoms. The number of halogens is 2. The molecule has 16 rings (SSSR count). The van der Waals surface area contributed by atoms with Crippen molar-refractivity contribution in [2.24, 2.45) is 59.2 Å². The molecule has 4 heteroatoms. The van der Waals surface area contributed by atoms with E-state index in [4.69, 9.17) is 0 Å². The molecule has 10 saturated carbocycles. The third-order valence-corrected chi connectivity index (χ3v) is 46.9. The van der Waals surface area contributed by atoms with Crippen molar-refractivity contribution in [3.05, 3.63) is 129 Å². The molecule has 10 fully saturated rings. The van der Waals surface area contributed by atoms with Gasteiger partial charge in [0.05, 0.1) is 0 Å². The SMILES string of the molecule is CC[CH2][Zr]([CH3])(=[SiH2])([CH]1C(CC2C3CC4CC(C3)CC2C4)=Cc2c(-c3ccc(C4CCCCC4)cc3)cccc21)[CH]1C(CC2C3CC4CC(C3)CC2C4)=Cc2c(-c3ccc(C4CCCCC4)cc3)cccc21.Cl.Cl. The van der Waals surface area contributed by atoms with Gasteiger partial charge in [0.2, 0.25) is 0 Å². The van der Waals surface area contributed by atoms with E-state index >= 15 is 0 Å². The van der Waals surface area contributed by atoms with Crippen molar-refractivity contribution in [3.63, 3.8) is 0 Å². The quantitative estimate of drug-likeness (QED) is 0.124. The maximum Gasteiger partial charge on any atom is -0.147 e. The predicted octanol–water partition coefficient (Wildman–Crippen LogP) is 19.6. The van der Waals surface area contributed by atoms with Gasteiger partial charge in [-0.25, -0.2) is 0 Å².